The molecule has 1 fully saturated rings. The minimum absolute atomic E-state index is 0.0412. The van der Waals surface area contributed by atoms with Crippen LogP contribution < -0.4 is 0 Å². The Kier molecular flexibility index (Phi) is 4.47. The predicted octanol–water partition coefficient (Wildman–Crippen LogP) is 1.50. The van der Waals surface area contributed by atoms with Gasteiger partial charge in [0, 0.05) is 32.9 Å². The van der Waals surface area contributed by atoms with Crippen LogP contribution in [0.25, 0.3) is 0 Å². The van der Waals surface area contributed by atoms with E-state index >= 15 is 0 Å². The SMILES string of the molecule is CCN(CC)C(=O)C1CCCN1C(=O)c1cccn1C. The molecule has 1 aliphatic rings. The highest BCUT2D eigenvalue weighted by Crippen LogP contribution is 2.22. The number of nitrogens with zero attached hydrogens (tertiary/aromatic N) is 3. The summed E-state index contributed by atoms with van der Waals surface area (Å²) in [6.45, 7) is 6.00. The summed E-state index contributed by atoms with van der Waals surface area (Å²) in [6.07, 6.45) is 3.52. The molecule has 1 aliphatic heterocycles. The van der Waals surface area contributed by atoms with Gasteiger partial charge < -0.3 is 14.4 Å². The van der Waals surface area contributed by atoms with E-state index in [1.165, 1.54) is 0 Å². The molecule has 0 aromatic carbocycles. The van der Waals surface area contributed by atoms with Crippen molar-refractivity contribution in [1.29, 1.82) is 0 Å². The first-order valence-electron chi connectivity index (χ1n) is 7.31. The van der Waals surface area contributed by atoms with Crippen molar-refractivity contribution in [3.05, 3.63) is 24.0 Å². The van der Waals surface area contributed by atoms with Crippen molar-refractivity contribution in [2.75, 3.05) is 19.6 Å². The van der Waals surface area contributed by atoms with E-state index in [-0.39, 0.29) is 17.9 Å². The minimum Gasteiger partial charge on any atom is -0.347 e. The number of likely N-dealkylation sites (N-methyl/N-ethyl adjacent to an activating group) is 1. The fraction of sp³-hybridized carbons (Fsp3) is 0.600. The van der Waals surface area contributed by atoms with Crippen LogP contribution in [0.3, 0.4) is 0 Å². The van der Waals surface area contributed by atoms with Gasteiger partial charge in [-0.25, -0.2) is 0 Å². The number of hydrogen-bond acceptors (Lipinski definition) is 2. The normalized spacial score (nSPS) is 18.4. The van der Waals surface area contributed by atoms with Gasteiger partial charge in [-0.3, -0.25) is 9.59 Å². The van der Waals surface area contributed by atoms with Crippen molar-refractivity contribution in [3.8, 4) is 0 Å². The van der Waals surface area contributed by atoms with Gasteiger partial charge in [0.25, 0.3) is 5.91 Å². The predicted molar refractivity (Wildman–Crippen MR) is 77.4 cm³/mol. The van der Waals surface area contributed by atoms with Crippen LogP contribution >= 0.6 is 0 Å². The van der Waals surface area contributed by atoms with Crippen molar-refractivity contribution < 1.29 is 9.59 Å². The Balaban J connectivity index is 2.17. The zero-order chi connectivity index (χ0) is 14.7. The largest absolute Gasteiger partial charge is 0.347 e. The second kappa shape index (κ2) is 6.11. The lowest BCUT2D eigenvalue weighted by molar-refractivity contribution is -0.134. The Bertz CT molecular complexity index is 491. The summed E-state index contributed by atoms with van der Waals surface area (Å²) in [5.41, 5.74) is 0.643. The molecule has 0 N–H and O–H groups in total. The fourth-order valence-electron chi connectivity index (χ4n) is 2.84. The van der Waals surface area contributed by atoms with E-state index in [0.717, 1.165) is 12.8 Å². The quantitative estimate of drug-likeness (QED) is 0.837. The second-order valence-electron chi connectivity index (χ2n) is 5.17. The van der Waals surface area contributed by atoms with Gasteiger partial charge in [0.15, 0.2) is 0 Å². The summed E-state index contributed by atoms with van der Waals surface area (Å²) in [4.78, 5) is 28.6. The van der Waals surface area contributed by atoms with Gasteiger partial charge in [0.2, 0.25) is 5.91 Å². The molecule has 0 spiro atoms. The van der Waals surface area contributed by atoms with E-state index in [1.54, 1.807) is 20.4 Å². The average Bonchev–Trinajstić information content (AvgIpc) is 3.07. The number of aryl methyl sites for hydroxylation is 1. The maximum absolute atomic E-state index is 12.6. The number of aromatic nitrogens is 1. The molecule has 1 aromatic rings. The van der Waals surface area contributed by atoms with Crippen molar-refractivity contribution >= 4 is 11.8 Å². The van der Waals surface area contributed by atoms with Gasteiger partial charge in [-0.15, -0.1) is 0 Å². The fourth-order valence-corrected chi connectivity index (χ4v) is 2.84. The number of carbonyl (C=O) groups excluding carboxylic acids is 2. The first kappa shape index (κ1) is 14.6. The van der Waals surface area contributed by atoms with E-state index in [2.05, 4.69) is 0 Å². The van der Waals surface area contributed by atoms with Gasteiger partial charge in [0.1, 0.15) is 11.7 Å². The topological polar surface area (TPSA) is 45.6 Å². The Hall–Kier alpha value is -1.78. The van der Waals surface area contributed by atoms with Gasteiger partial charge in [-0.2, -0.15) is 0 Å². The highest BCUT2D eigenvalue weighted by atomic mass is 16.2. The Labute approximate surface area is 120 Å². The van der Waals surface area contributed by atoms with Crippen LogP contribution in [0.1, 0.15) is 37.2 Å². The van der Waals surface area contributed by atoms with Crippen LogP contribution in [-0.4, -0.2) is 51.9 Å². The third-order valence-electron chi connectivity index (χ3n) is 4.04. The molecule has 1 unspecified atom stereocenters. The lowest BCUT2D eigenvalue weighted by atomic mass is 10.2. The first-order valence-corrected chi connectivity index (χ1v) is 7.31. The number of amides is 2. The van der Waals surface area contributed by atoms with E-state index in [0.29, 0.717) is 25.3 Å². The van der Waals surface area contributed by atoms with Gasteiger partial charge in [-0.05, 0) is 38.8 Å². The zero-order valence-corrected chi connectivity index (χ0v) is 12.5. The lowest BCUT2D eigenvalue weighted by Gasteiger charge is -2.29. The van der Waals surface area contributed by atoms with Crippen LogP contribution in [-0.2, 0) is 11.8 Å². The molecule has 0 aliphatic carbocycles. The standard InChI is InChI=1S/C15H23N3O2/c1-4-17(5-2)14(19)13-9-7-11-18(13)15(20)12-8-6-10-16(12)3/h6,8,10,13H,4-5,7,9,11H2,1-3H3. The third kappa shape index (κ3) is 2.57. The summed E-state index contributed by atoms with van der Waals surface area (Å²) in [5, 5.41) is 0. The number of carbonyl (C=O) groups is 2. The van der Waals surface area contributed by atoms with Gasteiger partial charge in [0.05, 0.1) is 0 Å². The van der Waals surface area contributed by atoms with Gasteiger partial charge in [-0.1, -0.05) is 0 Å². The van der Waals surface area contributed by atoms with Crippen LogP contribution in [0.2, 0.25) is 0 Å². The van der Waals surface area contributed by atoms with Crippen molar-refractivity contribution in [2.24, 2.45) is 7.05 Å². The molecule has 20 heavy (non-hydrogen) atoms. The third-order valence-corrected chi connectivity index (χ3v) is 4.04. The molecule has 2 heterocycles. The molecule has 5 heteroatoms. The number of likely N-dealkylation sites (tertiary alicyclic amines) is 1. The molecular weight excluding hydrogens is 254 g/mol. The van der Waals surface area contributed by atoms with E-state index in [1.807, 2.05) is 33.2 Å². The Morgan fingerprint density at radius 2 is 2.05 bits per heavy atom. The average molecular weight is 277 g/mol. The highest BCUT2D eigenvalue weighted by molar-refractivity contribution is 5.96. The van der Waals surface area contributed by atoms with Crippen molar-refractivity contribution in [3.63, 3.8) is 0 Å². The molecule has 0 bridgehead atoms. The molecule has 2 amide bonds. The lowest BCUT2D eigenvalue weighted by Crippen LogP contribution is -2.48. The summed E-state index contributed by atoms with van der Waals surface area (Å²) in [6, 6.07) is 3.36. The summed E-state index contributed by atoms with van der Waals surface area (Å²) in [5.74, 6) is 0.0376. The summed E-state index contributed by atoms with van der Waals surface area (Å²) < 4.78 is 1.81. The van der Waals surface area contributed by atoms with Crippen molar-refractivity contribution in [1.82, 2.24) is 14.4 Å². The summed E-state index contributed by atoms with van der Waals surface area (Å²) in [7, 11) is 1.85. The molecule has 1 saturated heterocycles. The number of rotatable bonds is 4. The van der Waals surface area contributed by atoms with Gasteiger partial charge >= 0.3 is 0 Å². The summed E-state index contributed by atoms with van der Waals surface area (Å²) >= 11 is 0. The molecule has 1 aromatic heterocycles. The molecule has 0 radical (unpaired) electrons. The Morgan fingerprint density at radius 1 is 1.35 bits per heavy atom. The van der Waals surface area contributed by atoms with E-state index < -0.39 is 0 Å². The molecule has 0 saturated carbocycles. The van der Waals surface area contributed by atoms with Crippen LogP contribution in [0.5, 0.6) is 0 Å². The highest BCUT2D eigenvalue weighted by Gasteiger charge is 2.36. The van der Waals surface area contributed by atoms with E-state index in [9.17, 15) is 9.59 Å². The molecule has 5 nitrogen and oxygen atoms in total. The Morgan fingerprint density at radius 3 is 2.60 bits per heavy atom. The molecule has 1 atom stereocenters. The maximum atomic E-state index is 12.6. The monoisotopic (exact) mass is 277 g/mol. The van der Waals surface area contributed by atoms with Crippen LogP contribution in [0.15, 0.2) is 18.3 Å². The smallest absolute Gasteiger partial charge is 0.271 e. The molecule has 110 valence electrons. The van der Waals surface area contributed by atoms with Crippen molar-refractivity contribution in [2.45, 2.75) is 32.7 Å². The molecular formula is C15H23N3O2. The second-order valence-corrected chi connectivity index (χ2v) is 5.17. The van der Waals surface area contributed by atoms with Crippen LogP contribution in [0, 0.1) is 0 Å². The number of hydrogen-bond donors (Lipinski definition) is 0. The molecule has 2 rings (SSSR count). The van der Waals surface area contributed by atoms with E-state index in [4.69, 9.17) is 0 Å². The van der Waals surface area contributed by atoms with Crippen LogP contribution in [0.4, 0.5) is 0 Å². The minimum atomic E-state index is -0.294. The maximum Gasteiger partial charge on any atom is 0.271 e. The zero-order valence-electron chi connectivity index (χ0n) is 12.5. The first-order chi connectivity index (χ1) is 9.60.